The Balaban J connectivity index is 2.13. The molecule has 2 rings (SSSR count). The van der Waals surface area contributed by atoms with Crippen molar-refractivity contribution in [3.63, 3.8) is 0 Å². The third kappa shape index (κ3) is 3.60. The summed E-state index contributed by atoms with van der Waals surface area (Å²) in [4.78, 5) is 26.4. The number of carbonyl (C=O) groups is 2. The van der Waals surface area contributed by atoms with Crippen LogP contribution in [0.15, 0.2) is 0 Å². The second-order valence-electron chi connectivity index (χ2n) is 7.96. The minimum absolute atomic E-state index is 0.00434. The van der Waals surface area contributed by atoms with Gasteiger partial charge in [-0.05, 0) is 36.7 Å². The smallest absolute Gasteiger partial charge is 0.254 e. The number of amides is 2. The van der Waals surface area contributed by atoms with Crippen molar-refractivity contribution in [2.24, 2.45) is 16.7 Å². The van der Waals surface area contributed by atoms with Crippen molar-refractivity contribution in [2.75, 3.05) is 25.6 Å². The normalized spacial score (nSPS) is 18.0. The highest BCUT2D eigenvalue weighted by atomic mass is 32.1. The van der Waals surface area contributed by atoms with E-state index < -0.39 is 0 Å². The summed E-state index contributed by atoms with van der Waals surface area (Å²) in [5, 5.41) is 6.59. The molecule has 0 aromatic carbocycles. The molecule has 2 N–H and O–H groups in total. The predicted molar refractivity (Wildman–Crippen MR) is 102 cm³/mol. The summed E-state index contributed by atoms with van der Waals surface area (Å²) in [6.45, 7) is 13.5. The highest BCUT2D eigenvalue weighted by Gasteiger charge is 2.68. The van der Waals surface area contributed by atoms with Crippen LogP contribution in [0.25, 0.3) is 0 Å². The zero-order valence-electron chi connectivity index (χ0n) is 16.3. The topological polar surface area (TPSA) is 67.4 Å². The van der Waals surface area contributed by atoms with E-state index in [4.69, 9.17) is 4.74 Å². The fraction of sp³-hybridized carbons (Fsp3) is 0.684. The number of aryl methyl sites for hydroxylation is 1. The number of hydrogen-bond donors (Lipinski definition) is 2. The summed E-state index contributed by atoms with van der Waals surface area (Å²) in [6.07, 6.45) is 0.760. The fourth-order valence-corrected chi connectivity index (χ4v) is 4.59. The second kappa shape index (κ2) is 7.08. The third-order valence-corrected chi connectivity index (χ3v) is 7.07. The summed E-state index contributed by atoms with van der Waals surface area (Å²) < 4.78 is 5.00. The molecule has 5 nitrogen and oxygen atoms in total. The molecule has 25 heavy (non-hydrogen) atoms. The van der Waals surface area contributed by atoms with Crippen LogP contribution in [0.2, 0.25) is 0 Å². The molecular weight excluding hydrogens is 336 g/mol. The lowest BCUT2D eigenvalue weighted by Gasteiger charge is -2.09. The molecule has 1 aliphatic rings. The van der Waals surface area contributed by atoms with Crippen molar-refractivity contribution in [2.45, 2.75) is 48.0 Å². The molecule has 0 spiro atoms. The van der Waals surface area contributed by atoms with Gasteiger partial charge in [-0.25, -0.2) is 0 Å². The van der Waals surface area contributed by atoms with Gasteiger partial charge < -0.3 is 15.4 Å². The van der Waals surface area contributed by atoms with E-state index in [9.17, 15) is 9.59 Å². The van der Waals surface area contributed by atoms with E-state index in [1.807, 2.05) is 13.8 Å². The molecule has 0 atom stereocenters. The van der Waals surface area contributed by atoms with Crippen LogP contribution in [0.4, 0.5) is 5.00 Å². The summed E-state index contributed by atoms with van der Waals surface area (Å²) in [7, 11) is 1.64. The second-order valence-corrected chi connectivity index (χ2v) is 9.18. The van der Waals surface area contributed by atoms with Crippen LogP contribution < -0.4 is 10.6 Å². The third-order valence-electron chi connectivity index (χ3n) is 5.94. The van der Waals surface area contributed by atoms with E-state index in [2.05, 4.69) is 38.3 Å². The van der Waals surface area contributed by atoms with Gasteiger partial charge in [0.1, 0.15) is 5.00 Å². The molecule has 1 heterocycles. The minimum Gasteiger partial charge on any atom is -0.385 e. The first-order valence-electron chi connectivity index (χ1n) is 8.73. The van der Waals surface area contributed by atoms with E-state index in [1.165, 1.54) is 11.3 Å². The van der Waals surface area contributed by atoms with Gasteiger partial charge in [0.05, 0.1) is 5.56 Å². The van der Waals surface area contributed by atoms with Crippen LogP contribution in [0, 0.1) is 30.6 Å². The van der Waals surface area contributed by atoms with Gasteiger partial charge in [-0.15, -0.1) is 11.3 Å². The van der Waals surface area contributed by atoms with Crippen LogP contribution in [0.1, 0.15) is 54.9 Å². The molecule has 0 bridgehead atoms. The quantitative estimate of drug-likeness (QED) is 0.722. The highest BCUT2D eigenvalue weighted by Crippen LogP contribution is 2.68. The maximum absolute atomic E-state index is 12.7. The number of carbonyl (C=O) groups excluding carboxylic acids is 2. The fourth-order valence-electron chi connectivity index (χ4n) is 3.53. The molecule has 0 unspecified atom stereocenters. The lowest BCUT2D eigenvalue weighted by atomic mass is 10.0. The van der Waals surface area contributed by atoms with E-state index >= 15 is 0 Å². The molecule has 2 amide bonds. The van der Waals surface area contributed by atoms with Gasteiger partial charge in [-0.1, -0.05) is 27.7 Å². The lowest BCUT2D eigenvalue weighted by Crippen LogP contribution is -2.27. The Bertz CT molecular complexity index is 662. The summed E-state index contributed by atoms with van der Waals surface area (Å²) in [5.74, 6) is -0.174. The van der Waals surface area contributed by atoms with Crippen LogP contribution in [0.3, 0.4) is 0 Å². The zero-order valence-corrected chi connectivity index (χ0v) is 17.1. The number of rotatable bonds is 7. The molecule has 1 aromatic heterocycles. The van der Waals surface area contributed by atoms with Crippen LogP contribution >= 0.6 is 11.3 Å². The first-order chi connectivity index (χ1) is 11.6. The molecule has 6 heteroatoms. The SMILES string of the molecule is COCCCNC(=O)c1c(NC(=O)C2C(C)(C)C2(C)C)sc(C)c1C. The largest absolute Gasteiger partial charge is 0.385 e. The van der Waals surface area contributed by atoms with Crippen LogP contribution in [0.5, 0.6) is 0 Å². The van der Waals surface area contributed by atoms with E-state index in [0.717, 1.165) is 16.9 Å². The number of anilines is 1. The molecule has 1 aliphatic carbocycles. The maximum Gasteiger partial charge on any atom is 0.254 e. The van der Waals surface area contributed by atoms with Crippen molar-refractivity contribution in [1.29, 1.82) is 0 Å². The van der Waals surface area contributed by atoms with Gasteiger partial charge in [-0.2, -0.15) is 0 Å². The lowest BCUT2D eigenvalue weighted by molar-refractivity contribution is -0.118. The Morgan fingerprint density at radius 2 is 1.76 bits per heavy atom. The molecule has 0 radical (unpaired) electrons. The van der Waals surface area contributed by atoms with Gasteiger partial charge in [0.25, 0.3) is 5.91 Å². The number of hydrogen-bond acceptors (Lipinski definition) is 4. The molecular formula is C19H30N2O3S. The number of nitrogens with one attached hydrogen (secondary N) is 2. The van der Waals surface area contributed by atoms with Gasteiger partial charge in [0.2, 0.25) is 5.91 Å². The van der Waals surface area contributed by atoms with Crippen molar-refractivity contribution >= 4 is 28.2 Å². The monoisotopic (exact) mass is 366 g/mol. The van der Waals surface area contributed by atoms with Crippen molar-refractivity contribution in [1.82, 2.24) is 5.32 Å². The average Bonchev–Trinajstić information content (AvgIpc) is 2.75. The Hall–Kier alpha value is -1.40. The molecule has 140 valence electrons. The minimum atomic E-state index is -0.137. The molecule has 1 saturated carbocycles. The maximum atomic E-state index is 12.7. The zero-order chi connectivity index (χ0) is 19.0. The number of ether oxygens (including phenoxy) is 1. The number of methoxy groups -OCH3 is 1. The van der Waals surface area contributed by atoms with E-state index in [1.54, 1.807) is 7.11 Å². The first-order valence-corrected chi connectivity index (χ1v) is 9.55. The Kier molecular flexibility index (Phi) is 5.64. The van der Waals surface area contributed by atoms with Gasteiger partial charge >= 0.3 is 0 Å². The molecule has 1 aromatic rings. The Morgan fingerprint density at radius 1 is 1.16 bits per heavy atom. The van der Waals surface area contributed by atoms with Crippen LogP contribution in [-0.2, 0) is 9.53 Å². The predicted octanol–water partition coefficient (Wildman–Crippen LogP) is 3.75. The first kappa shape index (κ1) is 19.9. The van der Waals surface area contributed by atoms with E-state index in [-0.39, 0.29) is 28.6 Å². The van der Waals surface area contributed by atoms with Crippen LogP contribution in [-0.4, -0.2) is 32.1 Å². The average molecular weight is 367 g/mol. The van der Waals surface area contributed by atoms with E-state index in [0.29, 0.717) is 23.7 Å². The molecule has 0 saturated heterocycles. The van der Waals surface area contributed by atoms with Gasteiger partial charge in [0.15, 0.2) is 0 Å². The van der Waals surface area contributed by atoms with Gasteiger partial charge in [0, 0.05) is 31.1 Å². The van der Waals surface area contributed by atoms with Gasteiger partial charge in [-0.3, -0.25) is 9.59 Å². The Morgan fingerprint density at radius 3 is 2.28 bits per heavy atom. The molecule has 0 aliphatic heterocycles. The van der Waals surface area contributed by atoms with Crippen molar-refractivity contribution in [3.05, 3.63) is 16.0 Å². The van der Waals surface area contributed by atoms with Crippen molar-refractivity contribution < 1.29 is 14.3 Å². The highest BCUT2D eigenvalue weighted by molar-refractivity contribution is 7.16. The standard InChI is InChI=1S/C19H30N2O3S/c1-11-12(2)25-17(13(11)15(22)20-9-8-10-24-7)21-16(23)14-18(3,4)19(14,5)6/h14H,8-10H2,1-7H3,(H,20,22)(H,21,23). The number of thiophene rings is 1. The summed E-state index contributed by atoms with van der Waals surface area (Å²) in [5.41, 5.74) is 1.46. The summed E-state index contributed by atoms with van der Waals surface area (Å²) in [6, 6.07) is 0. The Labute approximate surface area is 154 Å². The van der Waals surface area contributed by atoms with Crippen molar-refractivity contribution in [3.8, 4) is 0 Å². The molecule has 1 fully saturated rings. The summed E-state index contributed by atoms with van der Waals surface area (Å²) >= 11 is 1.47.